The van der Waals surface area contributed by atoms with Gasteiger partial charge in [0, 0.05) is 17.5 Å². The van der Waals surface area contributed by atoms with Gasteiger partial charge in [-0.25, -0.2) is 9.79 Å². The van der Waals surface area contributed by atoms with Crippen molar-refractivity contribution >= 4 is 41.0 Å². The van der Waals surface area contributed by atoms with Gasteiger partial charge in [0.2, 0.25) is 0 Å². The standard InChI is InChI=1S/C25H18ClF3N2O5S/c1-3-35-23(34)19-20(14-8-10-16(26)11-9-14)31-22(33)18(37-24(31)30-21(19)25(27,28)29)12-15-6-4-5-7-17(15)36-13(2)32/h4-12,20H,3H2,1-2H3/b18-12-/t20-/m0/s1. The van der Waals surface area contributed by atoms with Gasteiger partial charge in [0.15, 0.2) is 10.5 Å². The van der Waals surface area contributed by atoms with Crippen LogP contribution in [-0.4, -0.2) is 29.3 Å². The molecule has 0 aliphatic carbocycles. The summed E-state index contributed by atoms with van der Waals surface area (Å²) in [6.07, 6.45) is -3.62. The number of esters is 2. The summed E-state index contributed by atoms with van der Waals surface area (Å²) in [5.74, 6) is -1.66. The van der Waals surface area contributed by atoms with Gasteiger partial charge in [0.05, 0.1) is 22.8 Å². The predicted molar refractivity (Wildman–Crippen MR) is 130 cm³/mol. The van der Waals surface area contributed by atoms with Crippen molar-refractivity contribution in [3.63, 3.8) is 0 Å². The Balaban J connectivity index is 2.03. The van der Waals surface area contributed by atoms with Gasteiger partial charge >= 0.3 is 18.1 Å². The summed E-state index contributed by atoms with van der Waals surface area (Å²) in [4.78, 5) is 41.3. The van der Waals surface area contributed by atoms with Crippen LogP contribution in [0.3, 0.4) is 0 Å². The second kappa shape index (κ2) is 10.3. The van der Waals surface area contributed by atoms with Crippen molar-refractivity contribution in [1.82, 2.24) is 4.57 Å². The Labute approximate surface area is 216 Å². The van der Waals surface area contributed by atoms with Crippen molar-refractivity contribution < 1.29 is 32.2 Å². The molecule has 7 nitrogen and oxygen atoms in total. The molecule has 0 N–H and O–H groups in total. The van der Waals surface area contributed by atoms with Crippen LogP contribution in [0, 0.1) is 0 Å². The minimum absolute atomic E-state index is 0.0175. The van der Waals surface area contributed by atoms with Crippen molar-refractivity contribution in [3.05, 3.63) is 95.6 Å². The molecule has 2 aromatic carbocycles. The number of benzene rings is 2. The van der Waals surface area contributed by atoms with E-state index in [4.69, 9.17) is 21.1 Å². The number of aromatic nitrogens is 1. The van der Waals surface area contributed by atoms with Crippen LogP contribution in [0.15, 0.2) is 69.6 Å². The second-order valence-electron chi connectivity index (χ2n) is 7.75. The van der Waals surface area contributed by atoms with Gasteiger partial charge in [0.1, 0.15) is 5.75 Å². The largest absolute Gasteiger partial charge is 0.463 e. The van der Waals surface area contributed by atoms with Crippen molar-refractivity contribution in [2.75, 3.05) is 6.61 Å². The van der Waals surface area contributed by atoms with E-state index in [1.807, 2.05) is 0 Å². The highest BCUT2D eigenvalue weighted by atomic mass is 35.5. The molecule has 1 aromatic heterocycles. The summed E-state index contributed by atoms with van der Waals surface area (Å²) < 4.78 is 53.6. The Kier molecular flexibility index (Phi) is 7.37. The van der Waals surface area contributed by atoms with E-state index >= 15 is 0 Å². The van der Waals surface area contributed by atoms with Crippen LogP contribution in [-0.2, 0) is 14.3 Å². The number of fused-ring (bicyclic) bond motifs is 1. The predicted octanol–water partition coefficient (Wildman–Crippen LogP) is 3.92. The molecule has 0 unspecified atom stereocenters. The number of nitrogens with zero attached hydrogens (tertiary/aromatic N) is 2. The van der Waals surface area contributed by atoms with E-state index in [1.54, 1.807) is 18.2 Å². The maximum absolute atomic E-state index is 14.1. The van der Waals surface area contributed by atoms with Crippen molar-refractivity contribution in [3.8, 4) is 5.75 Å². The molecule has 1 aliphatic heterocycles. The number of hydrogen-bond acceptors (Lipinski definition) is 7. The quantitative estimate of drug-likeness (QED) is 0.355. The van der Waals surface area contributed by atoms with E-state index < -0.39 is 41.0 Å². The Hall–Kier alpha value is -3.70. The van der Waals surface area contributed by atoms with Gasteiger partial charge in [0.25, 0.3) is 5.56 Å². The van der Waals surface area contributed by atoms with E-state index in [2.05, 4.69) is 4.99 Å². The molecule has 192 valence electrons. The normalized spacial score (nSPS) is 15.7. The number of carbonyl (C=O) groups excluding carboxylic acids is 2. The third kappa shape index (κ3) is 5.37. The number of carbonyl (C=O) groups is 2. The molecule has 3 aromatic rings. The van der Waals surface area contributed by atoms with Crippen LogP contribution < -0.4 is 19.6 Å². The Morgan fingerprint density at radius 1 is 1.16 bits per heavy atom. The number of rotatable bonds is 5. The van der Waals surface area contributed by atoms with Crippen LogP contribution in [0.4, 0.5) is 13.2 Å². The maximum atomic E-state index is 14.1. The van der Waals surface area contributed by atoms with E-state index in [0.717, 1.165) is 4.57 Å². The molecular formula is C25H18ClF3N2O5S. The fourth-order valence-electron chi connectivity index (χ4n) is 3.79. The molecular weight excluding hydrogens is 533 g/mol. The number of alkyl halides is 3. The molecule has 1 aliphatic rings. The Morgan fingerprint density at radius 3 is 2.46 bits per heavy atom. The van der Waals surface area contributed by atoms with Crippen molar-refractivity contribution in [1.29, 1.82) is 0 Å². The first-order chi connectivity index (χ1) is 17.5. The number of hydrogen-bond donors (Lipinski definition) is 0. The summed E-state index contributed by atoms with van der Waals surface area (Å²) in [5.41, 5.74) is -2.39. The SMILES string of the molecule is CCOC(=O)C1=C(C(F)(F)F)N=c2s/c(=C\c3ccccc3OC(C)=O)c(=O)n2[C@H]1c1ccc(Cl)cc1. The average molecular weight is 551 g/mol. The summed E-state index contributed by atoms with van der Waals surface area (Å²) in [6, 6.07) is 10.6. The fraction of sp³-hybridized carbons (Fsp3) is 0.200. The lowest BCUT2D eigenvalue weighted by Gasteiger charge is -2.26. The first-order valence-corrected chi connectivity index (χ1v) is 12.0. The van der Waals surface area contributed by atoms with Crippen molar-refractivity contribution in [2.45, 2.75) is 26.1 Å². The van der Waals surface area contributed by atoms with E-state index in [0.29, 0.717) is 21.9 Å². The smallest absolute Gasteiger partial charge is 0.434 e. The number of thiazole rings is 1. The van der Waals surface area contributed by atoms with Gasteiger partial charge in [-0.2, -0.15) is 13.2 Å². The second-order valence-corrected chi connectivity index (χ2v) is 9.19. The summed E-state index contributed by atoms with van der Waals surface area (Å²) in [6.45, 7) is 2.49. The molecule has 0 amide bonds. The van der Waals surface area contributed by atoms with E-state index in [1.165, 1.54) is 50.3 Å². The van der Waals surface area contributed by atoms with Crippen LogP contribution in [0.1, 0.15) is 31.0 Å². The first-order valence-electron chi connectivity index (χ1n) is 10.8. The molecule has 1 atom stereocenters. The molecule has 4 rings (SSSR count). The van der Waals surface area contributed by atoms with Crippen molar-refractivity contribution in [2.24, 2.45) is 4.99 Å². The highest BCUT2D eigenvalue weighted by Crippen LogP contribution is 2.38. The van der Waals surface area contributed by atoms with Crippen LogP contribution >= 0.6 is 22.9 Å². The van der Waals surface area contributed by atoms with Gasteiger partial charge < -0.3 is 9.47 Å². The zero-order valence-electron chi connectivity index (χ0n) is 19.3. The maximum Gasteiger partial charge on any atom is 0.434 e. The summed E-state index contributed by atoms with van der Waals surface area (Å²) in [5, 5.41) is 0.316. The highest BCUT2D eigenvalue weighted by molar-refractivity contribution is 7.07. The van der Waals surface area contributed by atoms with E-state index in [9.17, 15) is 27.6 Å². The minimum atomic E-state index is -5.01. The Morgan fingerprint density at radius 2 is 1.84 bits per heavy atom. The third-order valence-corrected chi connectivity index (χ3v) is 6.47. The monoisotopic (exact) mass is 550 g/mol. The van der Waals surface area contributed by atoms with Gasteiger partial charge in [-0.05, 0) is 36.8 Å². The van der Waals surface area contributed by atoms with Crippen LogP contribution in [0.5, 0.6) is 5.75 Å². The zero-order valence-corrected chi connectivity index (χ0v) is 20.9. The molecule has 37 heavy (non-hydrogen) atoms. The van der Waals surface area contributed by atoms with Gasteiger partial charge in [-0.15, -0.1) is 0 Å². The molecule has 2 heterocycles. The molecule has 0 spiro atoms. The number of allylic oxidation sites excluding steroid dienone is 1. The lowest BCUT2D eigenvalue weighted by molar-refractivity contribution is -0.140. The lowest BCUT2D eigenvalue weighted by atomic mass is 9.95. The topological polar surface area (TPSA) is 87.0 Å². The molecule has 0 bridgehead atoms. The fourth-order valence-corrected chi connectivity index (χ4v) is 4.91. The molecule has 12 heteroatoms. The molecule has 0 radical (unpaired) electrons. The van der Waals surface area contributed by atoms with E-state index in [-0.39, 0.29) is 27.3 Å². The molecule has 0 saturated heterocycles. The highest BCUT2D eigenvalue weighted by Gasteiger charge is 2.45. The van der Waals surface area contributed by atoms with Crippen LogP contribution in [0.25, 0.3) is 6.08 Å². The number of ether oxygens (including phenoxy) is 2. The van der Waals surface area contributed by atoms with Crippen LogP contribution in [0.2, 0.25) is 5.02 Å². The summed E-state index contributed by atoms with van der Waals surface area (Å²) >= 11 is 6.68. The molecule has 0 fully saturated rings. The minimum Gasteiger partial charge on any atom is -0.463 e. The number of para-hydroxylation sites is 1. The number of halogens is 4. The first kappa shape index (κ1) is 26.4. The Bertz CT molecular complexity index is 1590. The third-order valence-electron chi connectivity index (χ3n) is 5.24. The van der Waals surface area contributed by atoms with Gasteiger partial charge in [-0.1, -0.05) is 53.3 Å². The van der Waals surface area contributed by atoms with Gasteiger partial charge in [-0.3, -0.25) is 14.2 Å². The average Bonchev–Trinajstić information content (AvgIpc) is 3.14. The molecule has 0 saturated carbocycles. The summed E-state index contributed by atoms with van der Waals surface area (Å²) in [7, 11) is 0. The lowest BCUT2D eigenvalue weighted by Crippen LogP contribution is -2.41. The zero-order chi connectivity index (χ0) is 26.9.